The van der Waals surface area contributed by atoms with Crippen LogP contribution < -0.4 is 30.3 Å². The second-order valence-electron chi connectivity index (χ2n) is 9.38. The summed E-state index contributed by atoms with van der Waals surface area (Å²) in [6, 6.07) is 20.9. The molecule has 3 aromatic carbocycles. The molecule has 0 saturated carbocycles. The number of methoxy groups -OCH3 is 1. The third-order valence-electron chi connectivity index (χ3n) is 6.46. The van der Waals surface area contributed by atoms with Crippen LogP contribution in [0.3, 0.4) is 0 Å². The quantitative estimate of drug-likeness (QED) is 0.119. The van der Waals surface area contributed by atoms with Gasteiger partial charge < -0.3 is 29.6 Å². The van der Waals surface area contributed by atoms with Crippen molar-refractivity contribution in [2.75, 3.05) is 20.3 Å². The fourth-order valence-electron chi connectivity index (χ4n) is 4.41. The van der Waals surface area contributed by atoms with E-state index in [1.54, 1.807) is 68.4 Å². The number of nitrogens with one attached hydrogen (secondary N) is 3. The lowest BCUT2D eigenvalue weighted by atomic mass is 9.95. The summed E-state index contributed by atoms with van der Waals surface area (Å²) in [5, 5.41) is 19.7. The van der Waals surface area contributed by atoms with E-state index in [1.165, 1.54) is 13.3 Å². The van der Waals surface area contributed by atoms with Crippen LogP contribution in [0.1, 0.15) is 42.1 Å². The Morgan fingerprint density at radius 2 is 1.84 bits per heavy atom. The zero-order valence-electron chi connectivity index (χ0n) is 24.4. The van der Waals surface area contributed by atoms with Crippen LogP contribution in [-0.2, 0) is 20.9 Å². The molecule has 0 aliphatic carbocycles. The first kappa shape index (κ1) is 31.5. The molecule has 1 atom stereocenters. The largest absolute Gasteiger partial charge is 0.493 e. The van der Waals surface area contributed by atoms with Gasteiger partial charge >= 0.3 is 5.97 Å². The number of amides is 1. The molecule has 1 amide bonds. The van der Waals surface area contributed by atoms with E-state index in [9.17, 15) is 14.9 Å². The van der Waals surface area contributed by atoms with E-state index in [-0.39, 0.29) is 19.8 Å². The summed E-state index contributed by atoms with van der Waals surface area (Å²) in [4.78, 5) is 25.3. The highest BCUT2D eigenvalue weighted by Crippen LogP contribution is 2.33. The van der Waals surface area contributed by atoms with Gasteiger partial charge in [-0.15, -0.1) is 0 Å². The molecule has 0 saturated heterocycles. The molecule has 0 radical (unpaired) electrons. The maximum atomic E-state index is 12.7. The topological polar surface area (TPSA) is 143 Å². The molecule has 11 nitrogen and oxygen atoms in total. The molecule has 44 heavy (non-hydrogen) atoms. The van der Waals surface area contributed by atoms with Gasteiger partial charge in [0.25, 0.3) is 5.91 Å². The van der Waals surface area contributed by atoms with Gasteiger partial charge in [-0.2, -0.15) is 10.4 Å². The highest BCUT2D eigenvalue weighted by atomic mass is 32.1. The van der Waals surface area contributed by atoms with Crippen LogP contribution in [0.2, 0.25) is 0 Å². The predicted octanol–water partition coefficient (Wildman–Crippen LogP) is 4.03. The number of nitrogens with zero attached hydrogens (tertiary/aromatic N) is 2. The number of allylic oxidation sites excluding steroid dienone is 1. The van der Waals surface area contributed by atoms with Crippen molar-refractivity contribution in [3.63, 3.8) is 0 Å². The van der Waals surface area contributed by atoms with E-state index >= 15 is 0 Å². The predicted molar refractivity (Wildman–Crippen MR) is 167 cm³/mol. The number of nitriles is 1. The molecular formula is C32H31N5O6S. The maximum absolute atomic E-state index is 12.7. The lowest BCUT2D eigenvalue weighted by molar-refractivity contribution is -0.139. The minimum Gasteiger partial charge on any atom is -0.493 e. The summed E-state index contributed by atoms with van der Waals surface area (Å²) < 4.78 is 22.4. The fraction of sp³-hybridized carbons (Fsp3) is 0.219. The van der Waals surface area contributed by atoms with Crippen molar-refractivity contribution in [3.8, 4) is 23.3 Å². The van der Waals surface area contributed by atoms with Gasteiger partial charge in [0.1, 0.15) is 12.4 Å². The van der Waals surface area contributed by atoms with Crippen molar-refractivity contribution in [2.24, 2.45) is 5.10 Å². The first-order valence-corrected chi connectivity index (χ1v) is 14.0. The first-order valence-electron chi connectivity index (χ1n) is 13.6. The molecule has 1 heterocycles. The molecular weight excluding hydrogens is 582 g/mol. The van der Waals surface area contributed by atoms with Crippen LogP contribution in [0.25, 0.3) is 0 Å². The smallest absolute Gasteiger partial charge is 0.338 e. The number of ether oxygens (including phenoxy) is 4. The van der Waals surface area contributed by atoms with Gasteiger partial charge in [-0.05, 0) is 62.0 Å². The number of hydrazone groups is 1. The van der Waals surface area contributed by atoms with Crippen molar-refractivity contribution in [1.29, 1.82) is 5.26 Å². The van der Waals surface area contributed by atoms with Crippen molar-refractivity contribution in [3.05, 3.63) is 100 Å². The van der Waals surface area contributed by atoms with Gasteiger partial charge in [-0.1, -0.05) is 36.4 Å². The van der Waals surface area contributed by atoms with Gasteiger partial charge in [0.15, 0.2) is 23.2 Å². The Balaban J connectivity index is 1.37. The molecule has 0 spiro atoms. The van der Waals surface area contributed by atoms with Crippen LogP contribution in [0.5, 0.6) is 17.2 Å². The maximum Gasteiger partial charge on any atom is 0.338 e. The van der Waals surface area contributed by atoms with E-state index in [0.717, 1.165) is 5.56 Å². The monoisotopic (exact) mass is 613 g/mol. The van der Waals surface area contributed by atoms with Crippen LogP contribution in [0.4, 0.5) is 0 Å². The summed E-state index contributed by atoms with van der Waals surface area (Å²) in [5.74, 6) is 0.368. The SMILES string of the molecule is CCOC(=O)C1=C(C)NC(=S)N[C@@H]1c1ccccc1OCC(=O)NN=Cc1ccc(OCc2ccccc2C#N)c(OC)c1. The van der Waals surface area contributed by atoms with Crippen molar-refractivity contribution >= 4 is 35.4 Å². The zero-order chi connectivity index (χ0) is 31.5. The molecule has 3 N–H and O–H groups in total. The van der Waals surface area contributed by atoms with Crippen LogP contribution in [0, 0.1) is 11.3 Å². The van der Waals surface area contributed by atoms with Crippen molar-refractivity contribution in [2.45, 2.75) is 26.5 Å². The molecule has 12 heteroatoms. The normalized spacial score (nSPS) is 14.2. The van der Waals surface area contributed by atoms with E-state index in [4.69, 9.17) is 31.2 Å². The van der Waals surface area contributed by atoms with Crippen molar-refractivity contribution < 1.29 is 28.5 Å². The zero-order valence-corrected chi connectivity index (χ0v) is 25.2. The third-order valence-corrected chi connectivity index (χ3v) is 6.68. The molecule has 0 aromatic heterocycles. The van der Waals surface area contributed by atoms with E-state index in [1.807, 2.05) is 12.1 Å². The van der Waals surface area contributed by atoms with Gasteiger partial charge in [-0.25, -0.2) is 10.2 Å². The summed E-state index contributed by atoms with van der Waals surface area (Å²) >= 11 is 5.31. The number of esters is 1. The Labute approximate surface area is 260 Å². The standard InChI is InChI=1S/C32H31N5O6S/c1-4-41-31(39)29-20(2)35-32(44)36-30(29)24-11-7-8-12-25(24)43-19-28(38)37-34-17-21-13-14-26(27(15-21)40-3)42-18-23-10-6-5-9-22(23)16-33/h5-15,17,30H,4,18-19H2,1-3H3,(H,37,38)(H2,35,36,44)/t30-/m1/s1. The molecule has 3 aromatic rings. The number of benzene rings is 3. The molecule has 0 unspecified atom stereocenters. The van der Waals surface area contributed by atoms with Crippen LogP contribution in [-0.4, -0.2) is 43.5 Å². The second kappa shape index (κ2) is 15.2. The Hall–Kier alpha value is -5.41. The Kier molecular flexibility index (Phi) is 10.9. The van der Waals surface area contributed by atoms with Crippen LogP contribution in [0.15, 0.2) is 83.1 Å². The average Bonchev–Trinajstić information content (AvgIpc) is 3.03. The fourth-order valence-corrected chi connectivity index (χ4v) is 4.68. The number of thiocarbonyl (C=S) groups is 1. The summed E-state index contributed by atoms with van der Waals surface area (Å²) in [6.45, 7) is 3.56. The Morgan fingerprint density at radius 1 is 1.07 bits per heavy atom. The van der Waals surface area contributed by atoms with E-state index in [0.29, 0.717) is 50.3 Å². The molecule has 0 bridgehead atoms. The molecule has 226 valence electrons. The highest BCUT2D eigenvalue weighted by Gasteiger charge is 2.32. The highest BCUT2D eigenvalue weighted by molar-refractivity contribution is 7.80. The van der Waals surface area contributed by atoms with E-state index < -0.39 is 17.9 Å². The van der Waals surface area contributed by atoms with Gasteiger partial charge in [0, 0.05) is 16.8 Å². The van der Waals surface area contributed by atoms with E-state index in [2.05, 4.69) is 27.2 Å². The summed E-state index contributed by atoms with van der Waals surface area (Å²) in [6.07, 6.45) is 1.46. The number of carbonyl (C=O) groups excluding carboxylic acids is 2. The number of para-hydroxylation sites is 1. The van der Waals surface area contributed by atoms with Gasteiger partial charge in [-0.3, -0.25) is 4.79 Å². The molecule has 1 aliphatic heterocycles. The Morgan fingerprint density at radius 3 is 2.61 bits per heavy atom. The molecule has 4 rings (SSSR count). The summed E-state index contributed by atoms with van der Waals surface area (Å²) in [5.41, 5.74) is 5.94. The number of hydrogen-bond donors (Lipinski definition) is 3. The van der Waals surface area contributed by atoms with Gasteiger partial charge in [0.2, 0.25) is 0 Å². The number of carbonyl (C=O) groups is 2. The average molecular weight is 614 g/mol. The Bertz CT molecular complexity index is 1650. The van der Waals surface area contributed by atoms with Crippen molar-refractivity contribution in [1.82, 2.24) is 16.1 Å². The third kappa shape index (κ3) is 7.90. The minimum absolute atomic E-state index is 0.202. The number of rotatable bonds is 12. The first-order chi connectivity index (χ1) is 21.3. The summed E-state index contributed by atoms with van der Waals surface area (Å²) in [7, 11) is 1.52. The van der Waals surface area contributed by atoms with Gasteiger partial charge in [0.05, 0.1) is 43.2 Å². The molecule has 1 aliphatic rings. The lowest BCUT2D eigenvalue weighted by Gasteiger charge is -2.30. The second-order valence-corrected chi connectivity index (χ2v) is 9.79. The van der Waals surface area contributed by atoms with Crippen LogP contribution >= 0.6 is 12.2 Å². The molecule has 0 fully saturated rings. The number of hydrogen-bond acceptors (Lipinski definition) is 9. The lowest BCUT2D eigenvalue weighted by Crippen LogP contribution is -2.45. The minimum atomic E-state index is -0.636.